The van der Waals surface area contributed by atoms with E-state index in [2.05, 4.69) is 38.4 Å². The second-order valence-corrected chi connectivity index (χ2v) is 7.67. The van der Waals surface area contributed by atoms with Crippen molar-refractivity contribution in [2.45, 2.75) is 19.3 Å². The summed E-state index contributed by atoms with van der Waals surface area (Å²) in [6.07, 6.45) is 6.92. The van der Waals surface area contributed by atoms with E-state index < -0.39 is 0 Å². The molecule has 3 aromatic rings. The van der Waals surface area contributed by atoms with Gasteiger partial charge in [-0.15, -0.1) is 0 Å². The molecule has 0 radical (unpaired) electrons. The maximum Gasteiger partial charge on any atom is 0.224 e. The van der Waals surface area contributed by atoms with Gasteiger partial charge in [0.15, 0.2) is 11.1 Å². The number of aromatic nitrogens is 3. The summed E-state index contributed by atoms with van der Waals surface area (Å²) in [7, 11) is 0. The average molecular weight is 391 g/mol. The predicted molar refractivity (Wildman–Crippen MR) is 113 cm³/mol. The van der Waals surface area contributed by atoms with Gasteiger partial charge >= 0.3 is 0 Å². The van der Waals surface area contributed by atoms with Crippen LogP contribution in [0, 0.1) is 0 Å². The van der Waals surface area contributed by atoms with Crippen LogP contribution in [0.5, 0.6) is 0 Å². The molecule has 0 bridgehead atoms. The van der Waals surface area contributed by atoms with E-state index >= 15 is 0 Å². The molecule has 2 aliphatic rings. The fourth-order valence-electron chi connectivity index (χ4n) is 4.19. The van der Waals surface area contributed by atoms with Gasteiger partial charge in [-0.05, 0) is 42.5 Å². The smallest absolute Gasteiger partial charge is 0.224 e. The molecule has 0 atom stereocenters. The van der Waals surface area contributed by atoms with Crippen molar-refractivity contribution in [1.82, 2.24) is 19.4 Å². The predicted octanol–water partition coefficient (Wildman–Crippen LogP) is 2.01. The molecule has 1 saturated heterocycles. The van der Waals surface area contributed by atoms with Gasteiger partial charge in [-0.25, -0.2) is 4.98 Å². The van der Waals surface area contributed by atoms with E-state index in [1.54, 1.807) is 12.3 Å². The quantitative estimate of drug-likeness (QED) is 0.717. The molecular formula is C22H25N5O2. The number of morpholine rings is 1. The molecule has 1 aliphatic carbocycles. The lowest BCUT2D eigenvalue weighted by Gasteiger charge is -2.26. The van der Waals surface area contributed by atoms with E-state index in [-0.39, 0.29) is 5.43 Å². The Kier molecular flexibility index (Phi) is 4.99. The van der Waals surface area contributed by atoms with Gasteiger partial charge in [-0.3, -0.25) is 9.69 Å². The molecule has 0 spiro atoms. The molecule has 1 aromatic carbocycles. The minimum atomic E-state index is -0.0581. The second-order valence-electron chi connectivity index (χ2n) is 7.67. The highest BCUT2D eigenvalue weighted by atomic mass is 16.5. The van der Waals surface area contributed by atoms with E-state index in [1.807, 2.05) is 10.8 Å². The molecule has 0 unspecified atom stereocenters. The minimum absolute atomic E-state index is 0.0581. The van der Waals surface area contributed by atoms with Gasteiger partial charge in [0.1, 0.15) is 0 Å². The second kappa shape index (κ2) is 7.93. The van der Waals surface area contributed by atoms with E-state index in [0.29, 0.717) is 17.0 Å². The van der Waals surface area contributed by atoms with Crippen LogP contribution in [0.25, 0.3) is 16.7 Å². The summed E-state index contributed by atoms with van der Waals surface area (Å²) in [5.41, 5.74) is 4.44. The molecule has 7 nitrogen and oxygen atoms in total. The van der Waals surface area contributed by atoms with E-state index in [4.69, 9.17) is 4.74 Å². The van der Waals surface area contributed by atoms with E-state index in [0.717, 1.165) is 57.9 Å². The molecule has 5 rings (SSSR count). The number of fused-ring (bicyclic) bond motifs is 2. The van der Waals surface area contributed by atoms with Gasteiger partial charge in [0, 0.05) is 50.3 Å². The van der Waals surface area contributed by atoms with Crippen molar-refractivity contribution in [2.24, 2.45) is 0 Å². The summed E-state index contributed by atoms with van der Waals surface area (Å²) in [6.45, 7) is 5.16. The Morgan fingerprint density at radius 3 is 2.86 bits per heavy atom. The zero-order chi connectivity index (χ0) is 19.6. The van der Waals surface area contributed by atoms with Gasteiger partial charge < -0.3 is 14.6 Å². The zero-order valence-corrected chi connectivity index (χ0v) is 16.4. The molecule has 1 aliphatic heterocycles. The van der Waals surface area contributed by atoms with Crippen LogP contribution < -0.4 is 10.7 Å². The minimum Gasteiger partial charge on any atom is -0.379 e. The molecule has 2 aromatic heterocycles. The van der Waals surface area contributed by atoms with Gasteiger partial charge in [0.2, 0.25) is 5.95 Å². The zero-order valence-electron chi connectivity index (χ0n) is 16.4. The molecule has 1 fully saturated rings. The van der Waals surface area contributed by atoms with Crippen LogP contribution in [0.1, 0.15) is 17.5 Å². The summed E-state index contributed by atoms with van der Waals surface area (Å²) in [5, 5.41) is 3.84. The number of ether oxygens (including phenoxy) is 1. The summed E-state index contributed by atoms with van der Waals surface area (Å²) in [4.78, 5) is 23.8. The van der Waals surface area contributed by atoms with E-state index in [9.17, 15) is 4.79 Å². The number of anilines is 1. The number of pyridine rings is 1. The van der Waals surface area contributed by atoms with Crippen molar-refractivity contribution in [3.63, 3.8) is 0 Å². The fraction of sp³-hybridized carbons (Fsp3) is 0.409. The molecule has 0 saturated carbocycles. The summed E-state index contributed by atoms with van der Waals surface area (Å²) >= 11 is 0. The molecule has 7 heteroatoms. The lowest BCUT2D eigenvalue weighted by atomic mass is 10.1. The Hall–Kier alpha value is -2.77. The number of hydrogen-bond acceptors (Lipinski definition) is 6. The Bertz CT molecular complexity index is 1090. The largest absolute Gasteiger partial charge is 0.379 e. The van der Waals surface area contributed by atoms with Gasteiger partial charge in [-0.1, -0.05) is 6.07 Å². The van der Waals surface area contributed by atoms with Crippen LogP contribution in [0.15, 0.2) is 41.5 Å². The first-order valence-corrected chi connectivity index (χ1v) is 10.3. The van der Waals surface area contributed by atoms with Crippen molar-refractivity contribution in [3.8, 4) is 5.69 Å². The number of aryl methyl sites for hydroxylation is 2. The molecule has 1 N–H and O–H groups in total. The SMILES string of the molecule is O=c1ccn(-c2ccc3c(c2)CCC3)c2nc(NCCN3CCOCC3)ncc12. The molecule has 3 heterocycles. The first-order chi connectivity index (χ1) is 14.3. The van der Waals surface area contributed by atoms with Crippen molar-refractivity contribution in [1.29, 1.82) is 0 Å². The maximum atomic E-state index is 12.3. The number of nitrogens with zero attached hydrogens (tertiary/aromatic N) is 4. The molecular weight excluding hydrogens is 366 g/mol. The van der Waals surface area contributed by atoms with Crippen LogP contribution >= 0.6 is 0 Å². The third kappa shape index (κ3) is 3.75. The Morgan fingerprint density at radius 2 is 1.97 bits per heavy atom. The Balaban J connectivity index is 1.43. The van der Waals surface area contributed by atoms with Gasteiger partial charge in [0.05, 0.1) is 18.6 Å². The first-order valence-electron chi connectivity index (χ1n) is 10.3. The number of hydrogen-bond donors (Lipinski definition) is 1. The van der Waals surface area contributed by atoms with Gasteiger partial charge in [-0.2, -0.15) is 4.98 Å². The molecule has 150 valence electrons. The van der Waals surface area contributed by atoms with Crippen LogP contribution in [-0.2, 0) is 17.6 Å². The van der Waals surface area contributed by atoms with Crippen LogP contribution in [-0.4, -0.2) is 58.8 Å². The van der Waals surface area contributed by atoms with Crippen molar-refractivity contribution in [2.75, 3.05) is 44.7 Å². The third-order valence-corrected chi connectivity index (χ3v) is 5.81. The fourth-order valence-corrected chi connectivity index (χ4v) is 4.19. The normalized spacial score (nSPS) is 16.8. The van der Waals surface area contributed by atoms with Crippen molar-refractivity contribution in [3.05, 3.63) is 58.0 Å². The highest BCUT2D eigenvalue weighted by molar-refractivity contribution is 5.76. The van der Waals surface area contributed by atoms with E-state index in [1.165, 1.54) is 17.5 Å². The first kappa shape index (κ1) is 18.3. The van der Waals surface area contributed by atoms with Crippen molar-refractivity contribution >= 4 is 17.0 Å². The maximum absolute atomic E-state index is 12.3. The highest BCUT2D eigenvalue weighted by Gasteiger charge is 2.14. The lowest BCUT2D eigenvalue weighted by Crippen LogP contribution is -2.39. The van der Waals surface area contributed by atoms with Gasteiger partial charge in [0.25, 0.3) is 0 Å². The van der Waals surface area contributed by atoms with Crippen LogP contribution in [0.2, 0.25) is 0 Å². The van der Waals surface area contributed by atoms with Crippen LogP contribution in [0.4, 0.5) is 5.95 Å². The monoisotopic (exact) mass is 391 g/mol. The highest BCUT2D eigenvalue weighted by Crippen LogP contribution is 2.25. The Morgan fingerprint density at radius 1 is 1.10 bits per heavy atom. The topological polar surface area (TPSA) is 72.3 Å². The standard InChI is InChI=1S/C22H25N5O2/c28-20-6-8-27(18-5-4-16-2-1-3-17(16)14-18)21-19(20)15-24-22(25-21)23-7-9-26-10-12-29-13-11-26/h4-6,8,14-15H,1-3,7,9-13H2,(H,23,24,25). The summed E-state index contributed by atoms with van der Waals surface area (Å²) < 4.78 is 7.38. The molecule has 0 amide bonds. The Labute approximate surface area is 169 Å². The number of rotatable bonds is 5. The third-order valence-electron chi connectivity index (χ3n) is 5.81. The molecule has 29 heavy (non-hydrogen) atoms. The summed E-state index contributed by atoms with van der Waals surface area (Å²) in [6, 6.07) is 8.12. The van der Waals surface area contributed by atoms with Crippen LogP contribution in [0.3, 0.4) is 0 Å². The number of nitrogens with one attached hydrogen (secondary N) is 1. The number of benzene rings is 1. The van der Waals surface area contributed by atoms with Crippen molar-refractivity contribution < 1.29 is 4.74 Å². The summed E-state index contributed by atoms with van der Waals surface area (Å²) in [5.74, 6) is 0.547. The lowest BCUT2D eigenvalue weighted by molar-refractivity contribution is 0.0398. The average Bonchev–Trinajstić information content (AvgIpc) is 3.23.